The van der Waals surface area contributed by atoms with Crippen LogP contribution in [0.25, 0.3) is 11.5 Å². The fourth-order valence-corrected chi connectivity index (χ4v) is 3.70. The molecule has 1 saturated heterocycles. The maximum absolute atomic E-state index is 10.9. The summed E-state index contributed by atoms with van der Waals surface area (Å²) in [5.41, 5.74) is 1.71. The number of benzene rings is 1. The topological polar surface area (TPSA) is 62.4 Å². The molecule has 0 aliphatic carbocycles. The first-order valence-electron chi connectivity index (χ1n) is 9.12. The highest BCUT2D eigenvalue weighted by molar-refractivity contribution is 6.30. The third kappa shape index (κ3) is 3.90. The van der Waals surface area contributed by atoms with Crippen LogP contribution in [-0.2, 0) is 12.1 Å². The number of piperidine rings is 1. The summed E-state index contributed by atoms with van der Waals surface area (Å²) in [4.78, 5) is 11.3. The van der Waals surface area contributed by atoms with E-state index in [1.807, 2.05) is 49.4 Å². The van der Waals surface area contributed by atoms with Gasteiger partial charge in [0.15, 0.2) is 0 Å². The first kappa shape index (κ1) is 18.2. The Morgan fingerprint density at radius 1 is 1.19 bits per heavy atom. The van der Waals surface area contributed by atoms with E-state index in [1.165, 1.54) is 0 Å². The highest BCUT2D eigenvalue weighted by Crippen LogP contribution is 2.32. The molecular weight excluding hydrogens is 362 g/mol. The fourth-order valence-electron chi connectivity index (χ4n) is 3.51. The van der Waals surface area contributed by atoms with Crippen molar-refractivity contribution in [3.8, 4) is 11.5 Å². The third-order valence-electron chi connectivity index (χ3n) is 5.16. The van der Waals surface area contributed by atoms with E-state index in [4.69, 9.17) is 16.0 Å². The van der Waals surface area contributed by atoms with Crippen molar-refractivity contribution in [2.75, 3.05) is 13.1 Å². The Hall–Kier alpha value is -2.21. The Bertz CT molecular complexity index is 918. The number of rotatable bonds is 4. The smallest absolute Gasteiger partial charge is 0.226 e. The summed E-state index contributed by atoms with van der Waals surface area (Å²) in [6.45, 7) is 4.20. The highest BCUT2D eigenvalue weighted by atomic mass is 35.5. The summed E-state index contributed by atoms with van der Waals surface area (Å²) < 4.78 is 5.85. The van der Waals surface area contributed by atoms with Crippen LogP contribution in [0, 0.1) is 6.92 Å². The average molecular weight is 384 g/mol. The van der Waals surface area contributed by atoms with E-state index in [9.17, 15) is 5.11 Å². The summed E-state index contributed by atoms with van der Waals surface area (Å²) in [5, 5.41) is 11.6. The number of oxazole rings is 1. The Morgan fingerprint density at radius 2 is 2.00 bits per heavy atom. The van der Waals surface area contributed by atoms with Gasteiger partial charge in [0, 0.05) is 36.4 Å². The van der Waals surface area contributed by atoms with Crippen LogP contribution in [0.5, 0.6) is 0 Å². The van der Waals surface area contributed by atoms with Gasteiger partial charge < -0.3 is 9.52 Å². The molecule has 1 fully saturated rings. The number of halogens is 1. The van der Waals surface area contributed by atoms with Crippen molar-refractivity contribution >= 4 is 11.6 Å². The number of nitrogens with zero attached hydrogens (tertiary/aromatic N) is 3. The quantitative estimate of drug-likeness (QED) is 0.732. The van der Waals surface area contributed by atoms with Crippen LogP contribution < -0.4 is 0 Å². The molecule has 4 rings (SSSR count). The zero-order valence-electron chi connectivity index (χ0n) is 15.2. The molecule has 1 aliphatic rings. The lowest BCUT2D eigenvalue weighted by Gasteiger charge is -2.37. The molecule has 3 aromatic rings. The van der Waals surface area contributed by atoms with Crippen molar-refractivity contribution in [2.45, 2.75) is 31.9 Å². The van der Waals surface area contributed by atoms with Crippen LogP contribution in [0.2, 0.25) is 5.02 Å². The van der Waals surface area contributed by atoms with E-state index in [0.29, 0.717) is 30.3 Å². The predicted octanol–water partition coefficient (Wildman–Crippen LogP) is 4.18. The van der Waals surface area contributed by atoms with Gasteiger partial charge in [-0.1, -0.05) is 23.7 Å². The molecular formula is C21H22ClN3O2. The van der Waals surface area contributed by atoms with Gasteiger partial charge in [0.2, 0.25) is 5.89 Å². The van der Waals surface area contributed by atoms with Gasteiger partial charge in [-0.15, -0.1) is 0 Å². The minimum absolute atomic E-state index is 0.590. The third-order valence-corrected chi connectivity index (χ3v) is 5.40. The predicted molar refractivity (Wildman–Crippen MR) is 104 cm³/mol. The van der Waals surface area contributed by atoms with Crippen LogP contribution in [0.3, 0.4) is 0 Å². The molecule has 6 heteroatoms. The molecule has 0 saturated carbocycles. The molecule has 0 unspecified atom stereocenters. The molecule has 140 valence electrons. The van der Waals surface area contributed by atoms with Crippen molar-refractivity contribution in [2.24, 2.45) is 0 Å². The van der Waals surface area contributed by atoms with Crippen LogP contribution in [0.1, 0.15) is 30.0 Å². The molecule has 1 N–H and O–H groups in total. The number of aryl methyl sites for hydroxylation is 1. The van der Waals surface area contributed by atoms with Crippen LogP contribution in [0.4, 0.5) is 0 Å². The molecule has 27 heavy (non-hydrogen) atoms. The molecule has 0 amide bonds. The normalized spacial score (nSPS) is 17.1. The van der Waals surface area contributed by atoms with Crippen LogP contribution >= 0.6 is 11.6 Å². The number of hydrogen-bond donors (Lipinski definition) is 1. The summed E-state index contributed by atoms with van der Waals surface area (Å²) in [5.74, 6) is 1.41. The lowest BCUT2D eigenvalue weighted by Crippen LogP contribution is -2.42. The summed E-state index contributed by atoms with van der Waals surface area (Å²) in [6.07, 6.45) is 3.04. The second-order valence-corrected chi connectivity index (χ2v) is 7.49. The summed E-state index contributed by atoms with van der Waals surface area (Å²) >= 11 is 6.07. The SMILES string of the molecule is Cc1oc(-c2cccc(Cl)c2)nc1CN1CCC(O)(c2ccccn2)CC1. The standard InChI is InChI=1S/C21H22ClN3O2/c1-15-18(24-20(27-15)16-5-4-6-17(22)13-16)14-25-11-8-21(26,9-12-25)19-7-2-3-10-23-19/h2-7,10,13,26H,8-9,11-12,14H2,1H3. The molecule has 0 spiro atoms. The van der Waals surface area contributed by atoms with Crippen molar-refractivity contribution in [3.63, 3.8) is 0 Å². The lowest BCUT2D eigenvalue weighted by molar-refractivity contribution is -0.0313. The minimum atomic E-state index is -0.845. The van der Waals surface area contributed by atoms with Gasteiger partial charge in [-0.2, -0.15) is 0 Å². The van der Waals surface area contributed by atoms with Gasteiger partial charge >= 0.3 is 0 Å². The van der Waals surface area contributed by atoms with E-state index in [1.54, 1.807) is 6.20 Å². The lowest BCUT2D eigenvalue weighted by atomic mass is 9.87. The van der Waals surface area contributed by atoms with E-state index < -0.39 is 5.60 Å². The Balaban J connectivity index is 1.44. The summed E-state index contributed by atoms with van der Waals surface area (Å²) in [6, 6.07) is 13.2. The van der Waals surface area contributed by atoms with Gasteiger partial charge in [0.05, 0.1) is 11.4 Å². The first-order chi connectivity index (χ1) is 13.0. The highest BCUT2D eigenvalue weighted by Gasteiger charge is 2.35. The molecule has 0 bridgehead atoms. The van der Waals surface area contributed by atoms with Crippen molar-refractivity contribution in [1.82, 2.24) is 14.9 Å². The number of aromatic nitrogens is 2. The zero-order chi connectivity index (χ0) is 18.9. The number of aliphatic hydroxyl groups is 1. The zero-order valence-corrected chi connectivity index (χ0v) is 16.0. The van der Waals surface area contributed by atoms with Gasteiger partial charge in [0.1, 0.15) is 11.4 Å². The van der Waals surface area contributed by atoms with E-state index in [2.05, 4.69) is 14.9 Å². The maximum atomic E-state index is 10.9. The molecule has 1 aliphatic heterocycles. The molecule has 5 nitrogen and oxygen atoms in total. The van der Waals surface area contributed by atoms with E-state index in [-0.39, 0.29) is 0 Å². The Morgan fingerprint density at radius 3 is 2.70 bits per heavy atom. The van der Waals surface area contributed by atoms with Crippen molar-refractivity contribution < 1.29 is 9.52 Å². The van der Waals surface area contributed by atoms with E-state index >= 15 is 0 Å². The monoisotopic (exact) mass is 383 g/mol. The van der Waals surface area contributed by atoms with Gasteiger partial charge in [0.25, 0.3) is 0 Å². The second kappa shape index (κ2) is 7.43. The van der Waals surface area contributed by atoms with Crippen molar-refractivity contribution in [3.05, 3.63) is 70.8 Å². The summed E-state index contributed by atoms with van der Waals surface area (Å²) in [7, 11) is 0. The minimum Gasteiger partial charge on any atom is -0.441 e. The molecule has 1 aromatic carbocycles. The fraction of sp³-hybridized carbons (Fsp3) is 0.333. The maximum Gasteiger partial charge on any atom is 0.226 e. The largest absolute Gasteiger partial charge is 0.441 e. The molecule has 0 atom stereocenters. The van der Waals surface area contributed by atoms with Gasteiger partial charge in [-0.25, -0.2) is 4.98 Å². The van der Waals surface area contributed by atoms with Crippen LogP contribution in [-0.4, -0.2) is 33.1 Å². The Kier molecular flexibility index (Phi) is 5.00. The van der Waals surface area contributed by atoms with Crippen molar-refractivity contribution in [1.29, 1.82) is 0 Å². The number of likely N-dealkylation sites (tertiary alicyclic amines) is 1. The molecule has 3 heterocycles. The molecule has 0 radical (unpaired) electrons. The van der Waals surface area contributed by atoms with Gasteiger partial charge in [-0.3, -0.25) is 9.88 Å². The second-order valence-electron chi connectivity index (χ2n) is 7.05. The number of hydrogen-bond acceptors (Lipinski definition) is 5. The van der Waals surface area contributed by atoms with Gasteiger partial charge in [-0.05, 0) is 50.1 Å². The Labute approximate surface area is 163 Å². The van der Waals surface area contributed by atoms with Crippen LogP contribution in [0.15, 0.2) is 53.1 Å². The van der Waals surface area contributed by atoms with E-state index in [0.717, 1.165) is 35.8 Å². The molecule has 2 aromatic heterocycles. The average Bonchev–Trinajstić information content (AvgIpc) is 3.05. The number of pyridine rings is 1. The first-order valence-corrected chi connectivity index (χ1v) is 9.50.